The number of aryl methyl sites for hydroxylation is 1. The number of pyridine rings is 1. The number of nitrogens with zero attached hydrogens (tertiary/aromatic N) is 6. The van der Waals surface area contributed by atoms with E-state index in [0.717, 1.165) is 55.2 Å². The molecule has 212 valence electrons. The predicted molar refractivity (Wildman–Crippen MR) is 157 cm³/mol. The quantitative estimate of drug-likeness (QED) is 0.249. The lowest BCUT2D eigenvalue weighted by Crippen LogP contribution is -2.43. The molecule has 1 aliphatic rings. The fourth-order valence-corrected chi connectivity index (χ4v) is 4.28. The first-order chi connectivity index (χ1) is 19.8. The van der Waals surface area contributed by atoms with E-state index in [9.17, 15) is 4.79 Å². The van der Waals surface area contributed by atoms with Gasteiger partial charge < -0.3 is 30.9 Å². The minimum atomic E-state index is -1.75. The van der Waals surface area contributed by atoms with E-state index in [0.29, 0.717) is 17.2 Å². The molecule has 1 fully saturated rings. The number of likely N-dealkylation sites (N-methyl/N-ethyl adjacent to an activating group) is 1. The van der Waals surface area contributed by atoms with Crippen LogP contribution in [0.4, 0.5) is 17.3 Å². The lowest BCUT2D eigenvalue weighted by atomic mass is 10.1. The fourth-order valence-electron chi connectivity index (χ4n) is 4.28. The molecule has 2 N–H and O–H groups in total. The van der Waals surface area contributed by atoms with Gasteiger partial charge in [-0.2, -0.15) is 0 Å². The van der Waals surface area contributed by atoms with Crippen molar-refractivity contribution in [3.8, 4) is 11.3 Å². The van der Waals surface area contributed by atoms with Crippen LogP contribution in [0.3, 0.4) is 0 Å². The Morgan fingerprint density at radius 2 is 1.73 bits per heavy atom. The van der Waals surface area contributed by atoms with Crippen LogP contribution in [0.5, 0.6) is 0 Å². The van der Waals surface area contributed by atoms with Crippen LogP contribution in [0.15, 0.2) is 79.3 Å². The zero-order valence-corrected chi connectivity index (χ0v) is 22.9. The molecular formula is C29H31N8O4-. The highest BCUT2D eigenvalue weighted by Crippen LogP contribution is 2.24. The SMILES string of the molecule is Cc1ccc(NC(=O)c2ccc(CN3CCN(C)CC3)cc2)cc1Nc1nccc(-c2cccnc2)n1.O=[N+]([O-])[O-]. The summed E-state index contributed by atoms with van der Waals surface area (Å²) in [5, 5.41) is 21.0. The van der Waals surface area contributed by atoms with Crippen LogP contribution in [0, 0.1) is 22.2 Å². The van der Waals surface area contributed by atoms with Crippen molar-refractivity contribution in [2.75, 3.05) is 43.9 Å². The Labute approximate surface area is 237 Å². The van der Waals surface area contributed by atoms with Gasteiger partial charge in [-0.25, -0.2) is 9.97 Å². The average Bonchev–Trinajstić information content (AvgIpc) is 2.97. The molecule has 4 aromatic rings. The Morgan fingerprint density at radius 3 is 2.41 bits per heavy atom. The third kappa shape index (κ3) is 8.78. The second-order valence-electron chi connectivity index (χ2n) is 9.62. The largest absolute Gasteiger partial charge is 0.356 e. The molecule has 2 aromatic carbocycles. The predicted octanol–water partition coefficient (Wildman–Crippen LogP) is 4.35. The van der Waals surface area contributed by atoms with Gasteiger partial charge in [0.1, 0.15) is 0 Å². The van der Waals surface area contributed by atoms with Crippen LogP contribution in [0.1, 0.15) is 21.5 Å². The maximum absolute atomic E-state index is 12.9. The smallest absolute Gasteiger partial charge is 0.255 e. The number of nitrogens with one attached hydrogen (secondary N) is 2. The first-order valence-corrected chi connectivity index (χ1v) is 13.0. The van der Waals surface area contributed by atoms with Gasteiger partial charge in [0.05, 0.1) is 10.8 Å². The number of benzene rings is 2. The summed E-state index contributed by atoms with van der Waals surface area (Å²) < 4.78 is 0. The summed E-state index contributed by atoms with van der Waals surface area (Å²) in [6, 6.07) is 19.3. The van der Waals surface area contributed by atoms with Crippen LogP contribution in [-0.2, 0) is 6.54 Å². The number of rotatable bonds is 7. The molecule has 1 saturated heterocycles. The van der Waals surface area contributed by atoms with E-state index < -0.39 is 5.09 Å². The Morgan fingerprint density at radius 1 is 1.00 bits per heavy atom. The van der Waals surface area contributed by atoms with Gasteiger partial charge in [-0.05, 0) is 67.6 Å². The molecular weight excluding hydrogens is 524 g/mol. The second-order valence-corrected chi connectivity index (χ2v) is 9.62. The molecule has 0 aliphatic carbocycles. The average molecular weight is 556 g/mol. The summed E-state index contributed by atoms with van der Waals surface area (Å²) in [7, 11) is 2.16. The zero-order chi connectivity index (χ0) is 29.2. The molecule has 0 spiro atoms. The number of hydrogen-bond donors (Lipinski definition) is 2. The molecule has 41 heavy (non-hydrogen) atoms. The lowest BCUT2D eigenvalue weighted by molar-refractivity contribution is -0.402. The van der Waals surface area contributed by atoms with Gasteiger partial charge in [-0.15, -0.1) is 0 Å². The van der Waals surface area contributed by atoms with E-state index in [1.54, 1.807) is 18.6 Å². The molecule has 0 atom stereocenters. The third-order valence-electron chi connectivity index (χ3n) is 6.57. The van der Waals surface area contributed by atoms with Gasteiger partial charge in [-0.3, -0.25) is 14.7 Å². The summed E-state index contributed by atoms with van der Waals surface area (Å²) >= 11 is 0. The van der Waals surface area contributed by atoms with Gasteiger partial charge in [0.15, 0.2) is 0 Å². The van der Waals surface area contributed by atoms with Crippen LogP contribution in [0.25, 0.3) is 11.3 Å². The first kappa shape index (κ1) is 29.1. The van der Waals surface area contributed by atoms with Gasteiger partial charge in [-0.1, -0.05) is 18.2 Å². The highest BCUT2D eigenvalue weighted by molar-refractivity contribution is 6.04. The van der Waals surface area contributed by atoms with Crippen molar-refractivity contribution in [3.63, 3.8) is 0 Å². The van der Waals surface area contributed by atoms with Gasteiger partial charge >= 0.3 is 0 Å². The minimum Gasteiger partial charge on any atom is -0.356 e. The standard InChI is InChI=1S/C29H31N7O.NO3/c1-21-5-10-25(18-27(21)34-29-31-13-11-26(33-29)24-4-3-12-30-19-24)32-28(37)23-8-6-22(7-9-23)20-36-16-14-35(2)15-17-36;2-1(3)4/h3-13,18-19H,14-17,20H2,1-2H3,(H,32,37)(H,31,33,34);/q;-1. The van der Waals surface area contributed by atoms with E-state index in [1.165, 1.54) is 5.56 Å². The number of carbonyl (C=O) groups excluding carboxylic acids is 1. The maximum Gasteiger partial charge on any atom is 0.255 e. The van der Waals surface area contributed by atoms with Crippen molar-refractivity contribution >= 4 is 23.2 Å². The van der Waals surface area contributed by atoms with Crippen molar-refractivity contribution in [3.05, 3.63) is 111 Å². The molecule has 5 rings (SSSR count). The Hall–Kier alpha value is -4.94. The molecule has 0 unspecified atom stereocenters. The van der Waals surface area contributed by atoms with Gasteiger partial charge in [0, 0.05) is 73.8 Å². The molecule has 1 amide bonds. The normalized spacial score (nSPS) is 13.5. The molecule has 12 nitrogen and oxygen atoms in total. The van der Waals surface area contributed by atoms with E-state index >= 15 is 0 Å². The van der Waals surface area contributed by atoms with Crippen molar-refractivity contribution in [1.82, 2.24) is 24.8 Å². The van der Waals surface area contributed by atoms with E-state index in [-0.39, 0.29) is 5.91 Å². The Bertz CT molecular complexity index is 1460. The first-order valence-electron chi connectivity index (χ1n) is 13.0. The molecule has 0 bridgehead atoms. The molecule has 12 heteroatoms. The van der Waals surface area contributed by atoms with Crippen molar-refractivity contribution < 1.29 is 9.88 Å². The number of anilines is 3. The van der Waals surface area contributed by atoms with E-state index in [4.69, 9.17) is 15.3 Å². The maximum atomic E-state index is 12.9. The van der Waals surface area contributed by atoms with Crippen LogP contribution >= 0.6 is 0 Å². The summed E-state index contributed by atoms with van der Waals surface area (Å²) in [5.41, 5.74) is 6.08. The number of piperazine rings is 1. The van der Waals surface area contributed by atoms with Crippen LogP contribution in [0.2, 0.25) is 0 Å². The number of amides is 1. The Balaban J connectivity index is 0.000000909. The summed E-state index contributed by atoms with van der Waals surface area (Å²) in [5.74, 6) is 0.333. The highest BCUT2D eigenvalue weighted by Gasteiger charge is 2.14. The number of aromatic nitrogens is 3. The van der Waals surface area contributed by atoms with Gasteiger partial charge in [0.25, 0.3) is 5.91 Å². The molecule has 0 radical (unpaired) electrons. The number of hydrogen-bond acceptors (Lipinski definition) is 10. The van der Waals surface area contributed by atoms with Crippen molar-refractivity contribution in [2.24, 2.45) is 0 Å². The zero-order valence-electron chi connectivity index (χ0n) is 22.9. The summed E-state index contributed by atoms with van der Waals surface area (Å²) in [6.45, 7) is 7.24. The third-order valence-corrected chi connectivity index (χ3v) is 6.57. The summed E-state index contributed by atoms with van der Waals surface area (Å²) in [4.78, 5) is 39.1. The highest BCUT2D eigenvalue weighted by atomic mass is 16.9. The minimum absolute atomic E-state index is 0.143. The van der Waals surface area contributed by atoms with Crippen molar-refractivity contribution in [1.29, 1.82) is 0 Å². The topological polar surface area (TPSA) is 152 Å². The van der Waals surface area contributed by atoms with E-state index in [1.807, 2.05) is 67.6 Å². The fraction of sp³-hybridized carbons (Fsp3) is 0.241. The monoisotopic (exact) mass is 555 g/mol. The lowest BCUT2D eigenvalue weighted by Gasteiger charge is -2.32. The van der Waals surface area contributed by atoms with Crippen LogP contribution < -0.4 is 10.6 Å². The summed E-state index contributed by atoms with van der Waals surface area (Å²) in [6.07, 6.45) is 5.22. The number of carbonyl (C=O) groups is 1. The molecule has 1 aliphatic heterocycles. The van der Waals surface area contributed by atoms with Crippen molar-refractivity contribution in [2.45, 2.75) is 13.5 Å². The second kappa shape index (κ2) is 13.9. The van der Waals surface area contributed by atoms with E-state index in [2.05, 4.69) is 42.4 Å². The Kier molecular flexibility index (Phi) is 9.86. The molecule has 3 heterocycles. The van der Waals surface area contributed by atoms with Crippen LogP contribution in [-0.4, -0.2) is 69.0 Å². The molecule has 0 saturated carbocycles. The molecule has 2 aromatic heterocycles. The van der Waals surface area contributed by atoms with Gasteiger partial charge in [0.2, 0.25) is 5.95 Å².